The predicted molar refractivity (Wildman–Crippen MR) is 175 cm³/mol. The lowest BCUT2D eigenvalue weighted by Crippen LogP contribution is -2.37. The molecule has 2 aliphatic heterocycles. The average Bonchev–Trinajstić information content (AvgIpc) is 2.97. The van der Waals surface area contributed by atoms with Crippen molar-refractivity contribution in [2.24, 2.45) is 0 Å². The van der Waals surface area contributed by atoms with E-state index in [2.05, 4.69) is 9.97 Å². The van der Waals surface area contributed by atoms with E-state index < -0.39 is 28.0 Å². The van der Waals surface area contributed by atoms with Gasteiger partial charge in [0.25, 0.3) is 0 Å². The fourth-order valence-electron chi connectivity index (χ4n) is 7.45. The van der Waals surface area contributed by atoms with Gasteiger partial charge in [0.05, 0.1) is 43.6 Å². The van der Waals surface area contributed by atoms with E-state index in [1.807, 2.05) is 27.7 Å². The number of nitrogens with one attached hydrogen (secondary N) is 2. The summed E-state index contributed by atoms with van der Waals surface area (Å²) in [5.74, 6) is -0.783. The Bertz CT molecular complexity index is 2450. The van der Waals surface area contributed by atoms with Crippen LogP contribution in [0.25, 0.3) is 43.6 Å². The molecule has 0 saturated heterocycles. The highest BCUT2D eigenvalue weighted by molar-refractivity contribution is 6.03. The molecule has 6 N–H and O–H groups in total. The zero-order valence-corrected chi connectivity index (χ0v) is 25.7. The Hall–Kier alpha value is -5.38. The molecule has 0 bridgehead atoms. The van der Waals surface area contributed by atoms with Gasteiger partial charge >= 0.3 is 0 Å². The largest absolute Gasteiger partial charge is 0.507 e. The van der Waals surface area contributed by atoms with Gasteiger partial charge in [0, 0.05) is 28.7 Å². The Kier molecular flexibility index (Phi) is 5.56. The van der Waals surface area contributed by atoms with Crippen LogP contribution in [-0.4, -0.2) is 41.6 Å². The molecule has 10 nitrogen and oxygen atoms in total. The number of pyridine rings is 2. The Morgan fingerprint density at radius 3 is 1.98 bits per heavy atom. The Morgan fingerprint density at radius 2 is 1.33 bits per heavy atom. The monoisotopic (exact) mass is 620 g/mol. The van der Waals surface area contributed by atoms with Gasteiger partial charge < -0.3 is 39.9 Å². The summed E-state index contributed by atoms with van der Waals surface area (Å²) in [6.45, 7) is 7.68. The van der Waals surface area contributed by atoms with Crippen LogP contribution < -0.4 is 20.3 Å². The molecule has 1 unspecified atom stereocenters. The summed E-state index contributed by atoms with van der Waals surface area (Å²) in [7, 11) is 0. The molecule has 8 rings (SSSR count). The highest BCUT2D eigenvalue weighted by Crippen LogP contribution is 2.56. The number of para-hydroxylation sites is 2. The van der Waals surface area contributed by atoms with Crippen molar-refractivity contribution < 1.29 is 29.9 Å². The minimum atomic E-state index is -0.808. The first-order valence-electron chi connectivity index (χ1n) is 15.2. The van der Waals surface area contributed by atoms with Crippen molar-refractivity contribution in [2.75, 3.05) is 0 Å². The Labute approximate surface area is 261 Å². The van der Waals surface area contributed by atoms with E-state index in [0.29, 0.717) is 47.2 Å². The fourth-order valence-corrected chi connectivity index (χ4v) is 7.45. The normalized spacial score (nSPS) is 18.3. The van der Waals surface area contributed by atoms with Gasteiger partial charge in [-0.2, -0.15) is 0 Å². The van der Waals surface area contributed by atoms with Gasteiger partial charge in [0.1, 0.15) is 45.7 Å². The van der Waals surface area contributed by atoms with Crippen LogP contribution in [0.15, 0.2) is 52.1 Å². The van der Waals surface area contributed by atoms with Gasteiger partial charge in [0.15, 0.2) is 0 Å². The number of aromatic hydroxyl groups is 4. The van der Waals surface area contributed by atoms with E-state index >= 15 is 0 Å². The van der Waals surface area contributed by atoms with Gasteiger partial charge in [-0.25, -0.2) is 0 Å². The molecule has 0 fully saturated rings. The van der Waals surface area contributed by atoms with E-state index in [0.717, 1.165) is 0 Å². The third-order valence-corrected chi connectivity index (χ3v) is 9.53. The average molecular weight is 621 g/mol. The molecule has 46 heavy (non-hydrogen) atoms. The van der Waals surface area contributed by atoms with Crippen molar-refractivity contribution in [1.82, 2.24) is 9.97 Å². The minimum Gasteiger partial charge on any atom is -0.507 e. The molecule has 0 radical (unpaired) electrons. The summed E-state index contributed by atoms with van der Waals surface area (Å²) in [5.41, 5.74) is 0.280. The number of H-pyrrole nitrogens is 2. The number of phenolic OH excluding ortho intramolecular Hbond substituents is 4. The third kappa shape index (κ3) is 3.82. The Morgan fingerprint density at radius 1 is 0.717 bits per heavy atom. The van der Waals surface area contributed by atoms with Gasteiger partial charge in [-0.15, -0.1) is 0 Å². The first kappa shape index (κ1) is 28.1. The summed E-state index contributed by atoms with van der Waals surface area (Å²) >= 11 is 0. The van der Waals surface area contributed by atoms with Gasteiger partial charge in [-0.3, -0.25) is 9.59 Å². The number of phenols is 4. The maximum absolute atomic E-state index is 14.1. The lowest BCUT2D eigenvalue weighted by molar-refractivity contribution is 0.0702. The second-order valence-electron chi connectivity index (χ2n) is 13.7. The second-order valence-corrected chi connectivity index (χ2v) is 13.7. The number of fused-ring (bicyclic) bond motifs is 8. The number of aryl methyl sites for hydroxylation is 1. The molecule has 2 aliphatic rings. The molecule has 1 atom stereocenters. The van der Waals surface area contributed by atoms with E-state index in [1.165, 1.54) is 18.2 Å². The lowest BCUT2D eigenvalue weighted by atomic mass is 9.76. The van der Waals surface area contributed by atoms with E-state index in [4.69, 9.17) is 9.47 Å². The molecule has 6 aromatic rings. The third-order valence-electron chi connectivity index (χ3n) is 9.53. The van der Waals surface area contributed by atoms with Crippen LogP contribution in [0.2, 0.25) is 0 Å². The molecule has 0 saturated carbocycles. The lowest BCUT2D eigenvalue weighted by Gasteiger charge is -2.41. The van der Waals surface area contributed by atoms with Crippen LogP contribution in [0, 0.1) is 0 Å². The molecular weight excluding hydrogens is 588 g/mol. The predicted octanol–water partition coefficient (Wildman–Crippen LogP) is 6.30. The van der Waals surface area contributed by atoms with Gasteiger partial charge in [-0.05, 0) is 71.2 Å². The fraction of sp³-hybridized carbons (Fsp3) is 0.278. The van der Waals surface area contributed by atoms with Crippen molar-refractivity contribution in [3.05, 3.63) is 79.6 Å². The number of benzene rings is 4. The highest BCUT2D eigenvalue weighted by atomic mass is 16.5. The highest BCUT2D eigenvalue weighted by Gasteiger charge is 2.43. The van der Waals surface area contributed by atoms with Crippen molar-refractivity contribution in [3.63, 3.8) is 0 Å². The second kappa shape index (κ2) is 9.09. The number of aromatic nitrogens is 2. The molecule has 0 amide bonds. The SMILES string of the molecule is CC1(C)CC(c2c3c(c4[nH]c5c(O)cccc5c(=O)c4c2O)CCC(C)(C)O3)c2c(cc(O)c3c(=O)c4cccc(O)c4[nH]c23)O1. The molecule has 10 heteroatoms. The number of ether oxygens (including phenoxy) is 2. The summed E-state index contributed by atoms with van der Waals surface area (Å²) in [6, 6.07) is 10.7. The van der Waals surface area contributed by atoms with Crippen LogP contribution in [0.1, 0.15) is 63.1 Å². The smallest absolute Gasteiger partial charge is 0.201 e. The number of hydrogen-bond donors (Lipinski definition) is 6. The number of rotatable bonds is 1. The van der Waals surface area contributed by atoms with Gasteiger partial charge in [-0.1, -0.05) is 12.1 Å². The van der Waals surface area contributed by atoms with Crippen LogP contribution in [0.3, 0.4) is 0 Å². The summed E-state index contributed by atoms with van der Waals surface area (Å²) in [6.07, 6.45) is 1.46. The van der Waals surface area contributed by atoms with Crippen molar-refractivity contribution >= 4 is 43.6 Å². The molecule has 0 aliphatic carbocycles. The minimum absolute atomic E-state index is 0.0138. The molecule has 4 aromatic carbocycles. The first-order chi connectivity index (χ1) is 21.8. The van der Waals surface area contributed by atoms with E-state index in [-0.39, 0.29) is 66.8 Å². The molecule has 4 heterocycles. The zero-order valence-electron chi connectivity index (χ0n) is 25.7. The molecule has 234 valence electrons. The summed E-state index contributed by atoms with van der Waals surface area (Å²) in [5, 5.41) is 45.3. The maximum atomic E-state index is 14.1. The number of hydrogen-bond acceptors (Lipinski definition) is 8. The van der Waals surface area contributed by atoms with Crippen LogP contribution in [-0.2, 0) is 6.42 Å². The summed E-state index contributed by atoms with van der Waals surface area (Å²) in [4.78, 5) is 34.3. The van der Waals surface area contributed by atoms with Crippen molar-refractivity contribution in [1.29, 1.82) is 0 Å². The zero-order chi connectivity index (χ0) is 32.4. The van der Waals surface area contributed by atoms with Gasteiger partial charge in [0.2, 0.25) is 10.9 Å². The first-order valence-corrected chi connectivity index (χ1v) is 15.2. The quantitative estimate of drug-likeness (QED) is 0.117. The van der Waals surface area contributed by atoms with Crippen LogP contribution in [0.4, 0.5) is 0 Å². The van der Waals surface area contributed by atoms with Crippen molar-refractivity contribution in [3.8, 4) is 34.5 Å². The summed E-state index contributed by atoms with van der Waals surface area (Å²) < 4.78 is 13.0. The number of aromatic amines is 2. The topological polar surface area (TPSA) is 165 Å². The van der Waals surface area contributed by atoms with Crippen LogP contribution >= 0.6 is 0 Å². The van der Waals surface area contributed by atoms with Crippen LogP contribution in [0.5, 0.6) is 34.5 Å². The standard InChI is InChI=1S/C36H32N2O8/c1-35(2)12-11-17-29-26(32(43)16-8-6-9-19(39)27(16)37-29)33(44)24(34(17)46-35)18-14-36(3,4)45-22-13-21(41)25-30(23(18)22)38-28-15(31(25)42)7-5-10-20(28)40/h5-10,13,18,39-41,44H,11-12,14H2,1-4H3,(H,37,43)(H,38,42). The van der Waals surface area contributed by atoms with E-state index in [1.54, 1.807) is 24.3 Å². The molecule has 2 aromatic heterocycles. The Balaban J connectivity index is 1.55. The molecule has 0 spiro atoms. The molecular formula is C36H32N2O8. The van der Waals surface area contributed by atoms with Crippen molar-refractivity contribution in [2.45, 2.75) is 64.1 Å². The van der Waals surface area contributed by atoms with E-state index in [9.17, 15) is 30.0 Å². The maximum Gasteiger partial charge on any atom is 0.201 e.